The predicted molar refractivity (Wildman–Crippen MR) is 113 cm³/mol. The van der Waals surface area contributed by atoms with Crippen molar-refractivity contribution < 1.29 is 13.2 Å². The summed E-state index contributed by atoms with van der Waals surface area (Å²) in [7, 11) is 0. The maximum atomic E-state index is 13.5. The predicted octanol–water partition coefficient (Wildman–Crippen LogP) is 5.44. The molecule has 4 rings (SSSR count). The van der Waals surface area contributed by atoms with Gasteiger partial charge in [-0.1, -0.05) is 66.7 Å². The molecular formula is C24H14F3N3O. The van der Waals surface area contributed by atoms with Gasteiger partial charge in [0.1, 0.15) is 11.6 Å². The average Bonchev–Trinajstić information content (AvgIpc) is 2.77. The highest BCUT2D eigenvalue weighted by Crippen LogP contribution is 2.33. The van der Waals surface area contributed by atoms with Gasteiger partial charge in [0, 0.05) is 5.56 Å². The molecule has 0 aliphatic heterocycles. The molecule has 7 heteroatoms. The molecule has 0 aliphatic rings. The third kappa shape index (κ3) is 3.96. The third-order valence-electron chi connectivity index (χ3n) is 4.77. The van der Waals surface area contributed by atoms with Crippen LogP contribution in [-0.4, -0.2) is 10.9 Å². The van der Waals surface area contributed by atoms with Crippen molar-refractivity contribution in [2.24, 2.45) is 5.10 Å². The van der Waals surface area contributed by atoms with Gasteiger partial charge in [-0.2, -0.15) is 28.2 Å². The fraction of sp³-hybridized carbons (Fsp3) is 0.0417. The monoisotopic (exact) mass is 417 g/mol. The van der Waals surface area contributed by atoms with E-state index < -0.39 is 22.9 Å². The normalized spacial score (nSPS) is 11.7. The zero-order chi connectivity index (χ0) is 22.0. The van der Waals surface area contributed by atoms with Gasteiger partial charge in [0.2, 0.25) is 0 Å². The minimum Gasteiger partial charge on any atom is -0.266 e. The molecule has 0 atom stereocenters. The molecule has 3 aromatic carbocycles. The van der Waals surface area contributed by atoms with Crippen LogP contribution in [0, 0.1) is 11.3 Å². The number of benzene rings is 3. The van der Waals surface area contributed by atoms with Gasteiger partial charge in [0.15, 0.2) is 0 Å². The van der Waals surface area contributed by atoms with Crippen molar-refractivity contribution in [1.29, 1.82) is 5.26 Å². The van der Waals surface area contributed by atoms with Crippen LogP contribution in [0.3, 0.4) is 0 Å². The molecule has 0 saturated carbocycles. The number of rotatable bonds is 3. The number of nitriles is 1. The zero-order valence-corrected chi connectivity index (χ0v) is 16.0. The zero-order valence-electron chi connectivity index (χ0n) is 16.0. The quantitative estimate of drug-likeness (QED) is 0.417. The summed E-state index contributed by atoms with van der Waals surface area (Å²) in [6.07, 6.45) is -3.47. The second-order valence-corrected chi connectivity index (χ2v) is 6.76. The second-order valence-electron chi connectivity index (χ2n) is 6.76. The van der Waals surface area contributed by atoms with Crippen LogP contribution >= 0.6 is 0 Å². The Morgan fingerprint density at radius 2 is 1.58 bits per heavy atom. The molecule has 0 spiro atoms. The molecule has 0 amide bonds. The molecule has 1 aromatic heterocycles. The molecule has 0 N–H and O–H groups in total. The summed E-state index contributed by atoms with van der Waals surface area (Å²) in [4.78, 5) is 12.8. The summed E-state index contributed by atoms with van der Waals surface area (Å²) in [5, 5.41) is 15.4. The number of fused-ring (bicyclic) bond motifs is 1. The maximum Gasteiger partial charge on any atom is 0.417 e. The third-order valence-corrected chi connectivity index (χ3v) is 4.77. The van der Waals surface area contributed by atoms with Gasteiger partial charge in [-0.05, 0) is 28.5 Å². The Balaban J connectivity index is 1.92. The number of pyridine rings is 1. The molecule has 0 aliphatic carbocycles. The van der Waals surface area contributed by atoms with Gasteiger partial charge in [-0.25, -0.2) is 0 Å². The van der Waals surface area contributed by atoms with E-state index in [1.807, 2.05) is 36.4 Å². The van der Waals surface area contributed by atoms with E-state index in [1.54, 1.807) is 36.4 Å². The lowest BCUT2D eigenvalue weighted by atomic mass is 10.0. The summed E-state index contributed by atoms with van der Waals surface area (Å²) in [5.74, 6) is 0. The number of hydrogen-bond acceptors (Lipinski definition) is 3. The molecular weight excluding hydrogens is 403 g/mol. The first-order chi connectivity index (χ1) is 14.9. The summed E-state index contributed by atoms with van der Waals surface area (Å²) in [6, 6.07) is 23.5. The van der Waals surface area contributed by atoms with Gasteiger partial charge < -0.3 is 0 Å². The Morgan fingerprint density at radius 1 is 0.903 bits per heavy atom. The fourth-order valence-corrected chi connectivity index (χ4v) is 3.27. The number of hydrogen-bond donors (Lipinski definition) is 0. The van der Waals surface area contributed by atoms with Crippen LogP contribution in [0.1, 0.15) is 16.7 Å². The van der Waals surface area contributed by atoms with E-state index in [1.165, 1.54) is 12.3 Å². The van der Waals surface area contributed by atoms with E-state index >= 15 is 0 Å². The summed E-state index contributed by atoms with van der Waals surface area (Å²) in [5.41, 5.74) is -2.45. The molecule has 4 aromatic rings. The molecule has 152 valence electrons. The average molecular weight is 417 g/mol. The Bertz CT molecular complexity index is 1400. The number of aromatic nitrogens is 1. The van der Waals surface area contributed by atoms with E-state index in [0.717, 1.165) is 21.5 Å². The Hall–Kier alpha value is -4.18. The lowest BCUT2D eigenvalue weighted by Crippen LogP contribution is -2.26. The van der Waals surface area contributed by atoms with Gasteiger partial charge in [0.05, 0.1) is 17.5 Å². The lowest BCUT2D eigenvalue weighted by molar-refractivity contribution is -0.137. The minimum absolute atomic E-state index is 0.0611. The number of alkyl halides is 3. The van der Waals surface area contributed by atoms with E-state index in [9.17, 15) is 23.2 Å². The standard InChI is InChI=1S/C24H14F3N3O/c25-24(26,27)21-13-22(18-7-2-1-3-8-18)30(23(31)20(21)14-28)29-15-16-10-11-17-6-4-5-9-19(17)12-16/h1-13,15H/b29-15+. The maximum absolute atomic E-state index is 13.5. The van der Waals surface area contributed by atoms with Crippen LogP contribution in [0.15, 0.2) is 88.8 Å². The van der Waals surface area contributed by atoms with E-state index in [0.29, 0.717) is 11.1 Å². The molecule has 4 nitrogen and oxygen atoms in total. The highest BCUT2D eigenvalue weighted by Gasteiger charge is 2.36. The SMILES string of the molecule is N#Cc1c(C(F)(F)F)cc(-c2ccccc2)n(/N=C/c2ccc3ccccc3c2)c1=O. The van der Waals surface area contributed by atoms with Crippen molar-refractivity contribution >= 4 is 17.0 Å². The Labute approximate surface area is 175 Å². The largest absolute Gasteiger partial charge is 0.417 e. The first-order valence-corrected chi connectivity index (χ1v) is 9.24. The molecule has 0 saturated heterocycles. The second kappa shape index (κ2) is 7.92. The van der Waals surface area contributed by atoms with Crippen LogP contribution in [-0.2, 0) is 6.18 Å². The molecule has 1 heterocycles. The summed E-state index contributed by atoms with van der Waals surface area (Å²) >= 11 is 0. The van der Waals surface area contributed by atoms with Crippen LogP contribution in [0.4, 0.5) is 13.2 Å². The highest BCUT2D eigenvalue weighted by atomic mass is 19.4. The lowest BCUT2D eigenvalue weighted by Gasteiger charge is -2.14. The van der Waals surface area contributed by atoms with Crippen LogP contribution in [0.25, 0.3) is 22.0 Å². The van der Waals surface area contributed by atoms with E-state index in [-0.39, 0.29) is 5.69 Å². The van der Waals surface area contributed by atoms with Crippen LogP contribution < -0.4 is 5.56 Å². The van der Waals surface area contributed by atoms with Crippen molar-refractivity contribution in [3.63, 3.8) is 0 Å². The first kappa shape index (κ1) is 20.1. The Morgan fingerprint density at radius 3 is 2.26 bits per heavy atom. The van der Waals surface area contributed by atoms with Crippen molar-refractivity contribution in [2.45, 2.75) is 6.18 Å². The van der Waals surface area contributed by atoms with Crippen molar-refractivity contribution in [3.8, 4) is 17.3 Å². The molecule has 31 heavy (non-hydrogen) atoms. The highest BCUT2D eigenvalue weighted by molar-refractivity contribution is 5.90. The smallest absolute Gasteiger partial charge is 0.266 e. The fourth-order valence-electron chi connectivity index (χ4n) is 3.27. The van der Waals surface area contributed by atoms with Gasteiger partial charge in [0.25, 0.3) is 5.56 Å². The summed E-state index contributed by atoms with van der Waals surface area (Å²) in [6.45, 7) is 0. The number of halogens is 3. The van der Waals surface area contributed by atoms with Gasteiger partial charge >= 0.3 is 6.18 Å². The van der Waals surface area contributed by atoms with Crippen molar-refractivity contribution in [3.05, 3.63) is 106 Å². The van der Waals surface area contributed by atoms with Gasteiger partial charge in [-0.15, -0.1) is 0 Å². The molecule has 0 bridgehead atoms. The number of nitrogens with zero attached hydrogens (tertiary/aromatic N) is 3. The van der Waals surface area contributed by atoms with E-state index in [2.05, 4.69) is 5.10 Å². The van der Waals surface area contributed by atoms with Crippen LogP contribution in [0.5, 0.6) is 0 Å². The van der Waals surface area contributed by atoms with Crippen LogP contribution in [0.2, 0.25) is 0 Å². The minimum atomic E-state index is -4.85. The summed E-state index contributed by atoms with van der Waals surface area (Å²) < 4.78 is 41.3. The molecule has 0 radical (unpaired) electrons. The molecule has 0 unspecified atom stereocenters. The Kier molecular flexibility index (Phi) is 5.14. The van der Waals surface area contributed by atoms with Crippen molar-refractivity contribution in [1.82, 2.24) is 4.68 Å². The topological polar surface area (TPSA) is 58.1 Å². The van der Waals surface area contributed by atoms with E-state index in [4.69, 9.17) is 0 Å². The first-order valence-electron chi connectivity index (χ1n) is 9.24. The van der Waals surface area contributed by atoms with Crippen molar-refractivity contribution in [2.75, 3.05) is 0 Å². The van der Waals surface area contributed by atoms with Gasteiger partial charge in [-0.3, -0.25) is 4.79 Å². The molecule has 0 fully saturated rings.